The number of anilines is 2. The Morgan fingerprint density at radius 1 is 1.14 bits per heavy atom. The zero-order chi connectivity index (χ0) is 24.5. The SMILES string of the molecule is C#Cc1cccc2nc([C@H](C)NC(=O)c3c(N)nn4cccnc34)n(Nc3ccccc3)c(=O)c12. The summed E-state index contributed by atoms with van der Waals surface area (Å²) in [5.74, 6) is 2.36. The van der Waals surface area contributed by atoms with E-state index in [-0.39, 0.29) is 22.8 Å². The van der Waals surface area contributed by atoms with Crippen molar-refractivity contribution in [3.8, 4) is 12.3 Å². The number of nitrogen functional groups attached to an aromatic ring is 1. The van der Waals surface area contributed by atoms with E-state index < -0.39 is 11.9 Å². The molecule has 1 atom stereocenters. The topological polar surface area (TPSA) is 132 Å². The zero-order valence-corrected chi connectivity index (χ0v) is 18.6. The largest absolute Gasteiger partial charge is 0.381 e. The predicted molar refractivity (Wildman–Crippen MR) is 133 cm³/mol. The molecule has 5 aromatic rings. The van der Waals surface area contributed by atoms with E-state index in [1.807, 2.05) is 30.3 Å². The van der Waals surface area contributed by atoms with Gasteiger partial charge in [-0.3, -0.25) is 15.0 Å². The number of carbonyl (C=O) groups is 1. The second kappa shape index (κ2) is 8.64. The monoisotopic (exact) mass is 464 g/mol. The quantitative estimate of drug-likeness (QED) is 0.340. The molecule has 10 heteroatoms. The van der Waals surface area contributed by atoms with Crippen LogP contribution in [0.5, 0.6) is 0 Å². The normalized spacial score (nSPS) is 11.8. The molecule has 2 aromatic carbocycles. The Bertz CT molecular complexity index is 1680. The van der Waals surface area contributed by atoms with Crippen LogP contribution in [-0.2, 0) is 0 Å². The summed E-state index contributed by atoms with van der Waals surface area (Å²) in [7, 11) is 0. The summed E-state index contributed by atoms with van der Waals surface area (Å²) in [5.41, 5.74) is 10.7. The first-order chi connectivity index (χ1) is 17.0. The van der Waals surface area contributed by atoms with Crippen LogP contribution in [0.1, 0.15) is 34.7 Å². The van der Waals surface area contributed by atoms with Gasteiger partial charge in [0.15, 0.2) is 17.3 Å². The summed E-state index contributed by atoms with van der Waals surface area (Å²) in [6.45, 7) is 1.72. The molecule has 0 saturated carbocycles. The van der Waals surface area contributed by atoms with E-state index >= 15 is 0 Å². The third-order valence-corrected chi connectivity index (χ3v) is 5.48. The zero-order valence-electron chi connectivity index (χ0n) is 18.6. The van der Waals surface area contributed by atoms with E-state index in [9.17, 15) is 9.59 Å². The number of nitrogens with one attached hydrogen (secondary N) is 2. The molecule has 172 valence electrons. The maximum Gasteiger partial charge on any atom is 0.281 e. The van der Waals surface area contributed by atoms with Crippen LogP contribution in [0.3, 0.4) is 0 Å². The summed E-state index contributed by atoms with van der Waals surface area (Å²) >= 11 is 0. The Hall–Kier alpha value is -5.17. The Balaban J connectivity index is 1.61. The highest BCUT2D eigenvalue weighted by Gasteiger charge is 2.24. The van der Waals surface area contributed by atoms with Gasteiger partial charge >= 0.3 is 0 Å². The Kier molecular flexibility index (Phi) is 5.35. The van der Waals surface area contributed by atoms with Gasteiger partial charge in [-0.1, -0.05) is 30.2 Å². The second-order valence-electron chi connectivity index (χ2n) is 7.78. The van der Waals surface area contributed by atoms with Crippen LogP contribution < -0.4 is 22.0 Å². The Morgan fingerprint density at radius 3 is 2.71 bits per heavy atom. The number of benzene rings is 2. The number of amides is 1. The van der Waals surface area contributed by atoms with Gasteiger partial charge in [-0.25, -0.2) is 19.2 Å². The maximum atomic E-state index is 13.6. The summed E-state index contributed by atoms with van der Waals surface area (Å²) in [5, 5.41) is 7.30. The standard InChI is InChI=1S/C25H20N8O2/c1-3-16-9-7-12-18-19(16)25(35)33(30-17-10-5-4-6-11-17)22(29-18)15(2)28-24(34)20-21(26)31-32-14-8-13-27-23(20)32/h1,4-15,30H,2H3,(H2,26,31)(H,28,34)/t15-/m0/s1. The molecule has 3 aromatic heterocycles. The minimum Gasteiger partial charge on any atom is -0.381 e. The number of terminal acetylenes is 1. The maximum absolute atomic E-state index is 13.6. The van der Waals surface area contributed by atoms with Crippen LogP contribution in [0.2, 0.25) is 0 Å². The highest BCUT2D eigenvalue weighted by Crippen LogP contribution is 2.20. The summed E-state index contributed by atoms with van der Waals surface area (Å²) in [6, 6.07) is 15.2. The number of aromatic nitrogens is 5. The van der Waals surface area contributed by atoms with Crippen LogP contribution in [0.25, 0.3) is 16.6 Å². The van der Waals surface area contributed by atoms with E-state index in [0.717, 1.165) is 0 Å². The van der Waals surface area contributed by atoms with Crippen molar-refractivity contribution >= 4 is 34.0 Å². The Morgan fingerprint density at radius 2 is 1.94 bits per heavy atom. The van der Waals surface area contributed by atoms with Gasteiger partial charge in [0, 0.05) is 18.0 Å². The van der Waals surface area contributed by atoms with Gasteiger partial charge in [0.1, 0.15) is 5.56 Å². The average Bonchev–Trinajstić information content (AvgIpc) is 3.21. The van der Waals surface area contributed by atoms with Gasteiger partial charge in [0.25, 0.3) is 11.5 Å². The number of rotatable bonds is 5. The molecule has 5 rings (SSSR count). The van der Waals surface area contributed by atoms with Crippen LogP contribution in [0.4, 0.5) is 11.5 Å². The molecule has 3 heterocycles. The molecular formula is C25H20N8O2. The second-order valence-corrected chi connectivity index (χ2v) is 7.78. The Labute approximate surface area is 199 Å². The molecule has 0 unspecified atom stereocenters. The molecule has 35 heavy (non-hydrogen) atoms. The molecule has 0 aliphatic carbocycles. The average molecular weight is 464 g/mol. The van der Waals surface area contributed by atoms with Gasteiger partial charge < -0.3 is 11.1 Å². The summed E-state index contributed by atoms with van der Waals surface area (Å²) in [4.78, 5) is 35.7. The van der Waals surface area contributed by atoms with Crippen molar-refractivity contribution in [2.24, 2.45) is 0 Å². The molecule has 0 aliphatic heterocycles. The lowest BCUT2D eigenvalue weighted by Gasteiger charge is -2.20. The first kappa shape index (κ1) is 21.7. The number of para-hydroxylation sites is 1. The molecule has 4 N–H and O–H groups in total. The lowest BCUT2D eigenvalue weighted by Crippen LogP contribution is -2.37. The van der Waals surface area contributed by atoms with Crippen molar-refractivity contribution < 1.29 is 4.79 Å². The molecule has 1 amide bonds. The molecule has 0 bridgehead atoms. The van der Waals surface area contributed by atoms with Crippen molar-refractivity contribution in [3.63, 3.8) is 0 Å². The number of carbonyl (C=O) groups excluding carboxylic acids is 1. The lowest BCUT2D eigenvalue weighted by molar-refractivity contribution is 0.0940. The molecule has 0 saturated heterocycles. The van der Waals surface area contributed by atoms with Gasteiger partial charge in [-0.2, -0.15) is 0 Å². The van der Waals surface area contributed by atoms with Crippen LogP contribution in [0, 0.1) is 12.3 Å². The van der Waals surface area contributed by atoms with Crippen LogP contribution in [-0.4, -0.2) is 30.2 Å². The van der Waals surface area contributed by atoms with E-state index in [2.05, 4.69) is 31.7 Å². The van der Waals surface area contributed by atoms with Crippen molar-refractivity contribution in [2.45, 2.75) is 13.0 Å². The molecule has 0 radical (unpaired) electrons. The summed E-state index contributed by atoms with van der Waals surface area (Å²) < 4.78 is 2.72. The number of nitrogens with zero attached hydrogens (tertiary/aromatic N) is 5. The number of fused-ring (bicyclic) bond motifs is 2. The fraction of sp³-hybridized carbons (Fsp3) is 0.0800. The van der Waals surface area contributed by atoms with Crippen molar-refractivity contribution in [3.05, 3.63) is 94.3 Å². The molecule has 0 aliphatic rings. The van der Waals surface area contributed by atoms with Crippen LogP contribution >= 0.6 is 0 Å². The number of nitrogens with two attached hydrogens (primary N) is 1. The lowest BCUT2D eigenvalue weighted by atomic mass is 10.1. The van der Waals surface area contributed by atoms with Crippen LogP contribution in [0.15, 0.2) is 71.8 Å². The predicted octanol–water partition coefficient (Wildman–Crippen LogP) is 2.37. The smallest absolute Gasteiger partial charge is 0.281 e. The minimum atomic E-state index is -0.705. The fourth-order valence-electron chi connectivity index (χ4n) is 3.86. The van der Waals surface area contributed by atoms with Crippen molar-refractivity contribution in [1.82, 2.24) is 29.6 Å². The van der Waals surface area contributed by atoms with Gasteiger partial charge in [0.2, 0.25) is 0 Å². The minimum absolute atomic E-state index is 0.0401. The van der Waals surface area contributed by atoms with E-state index in [1.54, 1.807) is 43.6 Å². The molecule has 0 fully saturated rings. The van der Waals surface area contributed by atoms with Gasteiger partial charge in [-0.05, 0) is 37.3 Å². The molecule has 0 spiro atoms. The molecule has 10 nitrogen and oxygen atoms in total. The first-order valence-corrected chi connectivity index (χ1v) is 10.7. The third-order valence-electron chi connectivity index (χ3n) is 5.48. The van der Waals surface area contributed by atoms with Gasteiger partial charge in [-0.15, -0.1) is 11.5 Å². The first-order valence-electron chi connectivity index (χ1n) is 10.7. The number of hydrogen-bond acceptors (Lipinski definition) is 7. The van der Waals surface area contributed by atoms with Crippen molar-refractivity contribution in [2.75, 3.05) is 11.2 Å². The van der Waals surface area contributed by atoms with Gasteiger partial charge in [0.05, 0.1) is 22.6 Å². The summed E-state index contributed by atoms with van der Waals surface area (Å²) in [6.07, 6.45) is 8.83. The third kappa shape index (κ3) is 3.81. The highest BCUT2D eigenvalue weighted by molar-refractivity contribution is 6.04. The van der Waals surface area contributed by atoms with E-state index in [0.29, 0.717) is 27.8 Å². The highest BCUT2D eigenvalue weighted by atomic mass is 16.2. The fourth-order valence-corrected chi connectivity index (χ4v) is 3.86. The number of hydrogen-bond donors (Lipinski definition) is 3. The molecular weight excluding hydrogens is 444 g/mol. The van der Waals surface area contributed by atoms with Crippen molar-refractivity contribution in [1.29, 1.82) is 0 Å². The van der Waals surface area contributed by atoms with E-state index in [1.165, 1.54) is 9.19 Å². The van der Waals surface area contributed by atoms with E-state index in [4.69, 9.17) is 12.2 Å².